The maximum Gasteiger partial charge on any atom is 0.221 e. The molecule has 0 aromatic carbocycles. The molecule has 1 heterocycles. The Labute approximate surface area is 127 Å². The van der Waals surface area contributed by atoms with Gasteiger partial charge < -0.3 is 20.3 Å². The predicted molar refractivity (Wildman–Crippen MR) is 80.4 cm³/mol. The maximum atomic E-state index is 11.7. The number of nitrogens with zero attached hydrogens (tertiary/aromatic N) is 1. The SMILES string of the molecule is CN(CCNC(=O)CC1COCCN1)C1CC1.Cl.Cl. The molecule has 5 nitrogen and oxygen atoms in total. The van der Waals surface area contributed by atoms with E-state index in [1.54, 1.807) is 0 Å². The van der Waals surface area contributed by atoms with E-state index in [4.69, 9.17) is 4.74 Å². The number of amides is 1. The van der Waals surface area contributed by atoms with Crippen molar-refractivity contribution in [1.29, 1.82) is 0 Å². The molecular weight excluding hydrogens is 289 g/mol. The quantitative estimate of drug-likeness (QED) is 0.746. The van der Waals surface area contributed by atoms with Crippen LogP contribution in [0.25, 0.3) is 0 Å². The number of ether oxygens (including phenoxy) is 1. The van der Waals surface area contributed by atoms with Crippen molar-refractivity contribution in [1.82, 2.24) is 15.5 Å². The Morgan fingerprint density at radius 2 is 2.16 bits per heavy atom. The van der Waals surface area contributed by atoms with Gasteiger partial charge in [-0.05, 0) is 19.9 Å². The van der Waals surface area contributed by atoms with Crippen molar-refractivity contribution < 1.29 is 9.53 Å². The number of morpholine rings is 1. The average Bonchev–Trinajstić information content (AvgIpc) is 3.14. The molecule has 1 aliphatic carbocycles. The smallest absolute Gasteiger partial charge is 0.221 e. The van der Waals surface area contributed by atoms with Crippen LogP contribution < -0.4 is 10.6 Å². The first-order valence-corrected chi connectivity index (χ1v) is 6.54. The molecule has 1 aliphatic heterocycles. The molecule has 19 heavy (non-hydrogen) atoms. The molecule has 7 heteroatoms. The van der Waals surface area contributed by atoms with Crippen LogP contribution in [0.4, 0.5) is 0 Å². The number of halogens is 2. The number of hydrogen-bond donors (Lipinski definition) is 2. The lowest BCUT2D eigenvalue weighted by atomic mass is 10.2. The van der Waals surface area contributed by atoms with E-state index in [0.717, 1.165) is 32.3 Å². The van der Waals surface area contributed by atoms with Crippen molar-refractivity contribution in [3.63, 3.8) is 0 Å². The van der Waals surface area contributed by atoms with Gasteiger partial charge in [0.15, 0.2) is 0 Å². The molecule has 1 unspecified atom stereocenters. The number of likely N-dealkylation sites (N-methyl/N-ethyl adjacent to an activating group) is 1. The molecule has 2 N–H and O–H groups in total. The summed E-state index contributed by atoms with van der Waals surface area (Å²) in [6.45, 7) is 3.95. The first-order valence-electron chi connectivity index (χ1n) is 6.54. The Kier molecular flexibility index (Phi) is 9.74. The van der Waals surface area contributed by atoms with E-state index in [-0.39, 0.29) is 36.8 Å². The molecule has 2 aliphatic rings. The molecule has 0 aromatic rings. The summed E-state index contributed by atoms with van der Waals surface area (Å²) in [6, 6.07) is 0.949. The van der Waals surface area contributed by atoms with E-state index in [1.807, 2.05) is 0 Å². The van der Waals surface area contributed by atoms with Crippen LogP contribution in [0.15, 0.2) is 0 Å². The van der Waals surface area contributed by atoms with E-state index >= 15 is 0 Å². The fourth-order valence-corrected chi connectivity index (χ4v) is 2.12. The van der Waals surface area contributed by atoms with Gasteiger partial charge >= 0.3 is 0 Å². The van der Waals surface area contributed by atoms with Crippen LogP contribution >= 0.6 is 24.8 Å². The maximum absolute atomic E-state index is 11.7. The lowest BCUT2D eigenvalue weighted by molar-refractivity contribution is -0.122. The summed E-state index contributed by atoms with van der Waals surface area (Å²) in [6.07, 6.45) is 3.15. The second-order valence-corrected chi connectivity index (χ2v) is 4.99. The van der Waals surface area contributed by atoms with Gasteiger partial charge in [0.2, 0.25) is 5.91 Å². The van der Waals surface area contributed by atoms with Crippen LogP contribution in [0.2, 0.25) is 0 Å². The largest absolute Gasteiger partial charge is 0.378 e. The fraction of sp³-hybridized carbons (Fsp3) is 0.917. The van der Waals surface area contributed by atoms with Gasteiger partial charge in [0.05, 0.1) is 13.2 Å². The lowest BCUT2D eigenvalue weighted by Crippen LogP contribution is -2.45. The molecule has 1 saturated heterocycles. The van der Waals surface area contributed by atoms with Crippen LogP contribution in [0.5, 0.6) is 0 Å². The van der Waals surface area contributed by atoms with Gasteiger partial charge in [-0.3, -0.25) is 4.79 Å². The van der Waals surface area contributed by atoms with Crippen LogP contribution in [0.3, 0.4) is 0 Å². The predicted octanol–water partition coefficient (Wildman–Crippen LogP) is 0.419. The Morgan fingerprint density at radius 3 is 2.74 bits per heavy atom. The molecule has 2 fully saturated rings. The van der Waals surface area contributed by atoms with Gasteiger partial charge in [0.1, 0.15) is 0 Å². The van der Waals surface area contributed by atoms with Gasteiger partial charge in [0.25, 0.3) is 0 Å². The summed E-state index contributed by atoms with van der Waals surface area (Å²) in [7, 11) is 2.13. The lowest BCUT2D eigenvalue weighted by Gasteiger charge is -2.23. The van der Waals surface area contributed by atoms with Gasteiger partial charge in [-0.15, -0.1) is 24.8 Å². The number of carbonyl (C=O) groups excluding carboxylic acids is 1. The second kappa shape index (κ2) is 9.77. The number of carbonyl (C=O) groups is 1. The van der Waals surface area contributed by atoms with Gasteiger partial charge in [-0.2, -0.15) is 0 Å². The third-order valence-electron chi connectivity index (χ3n) is 3.39. The fourth-order valence-electron chi connectivity index (χ4n) is 2.12. The Balaban J connectivity index is 0.00000162. The normalized spacial score (nSPS) is 22.3. The zero-order chi connectivity index (χ0) is 12.1. The van der Waals surface area contributed by atoms with E-state index in [9.17, 15) is 4.79 Å². The zero-order valence-corrected chi connectivity index (χ0v) is 13.0. The highest BCUT2D eigenvalue weighted by molar-refractivity contribution is 5.85. The Hall–Kier alpha value is -0.0700. The number of nitrogens with one attached hydrogen (secondary N) is 2. The van der Waals surface area contributed by atoms with E-state index in [1.165, 1.54) is 12.8 Å². The highest BCUT2D eigenvalue weighted by atomic mass is 35.5. The molecule has 0 aromatic heterocycles. The van der Waals surface area contributed by atoms with E-state index in [2.05, 4.69) is 22.6 Å². The van der Waals surface area contributed by atoms with Crippen LogP contribution in [0, 0.1) is 0 Å². The minimum absolute atomic E-state index is 0. The van der Waals surface area contributed by atoms with Crippen molar-refractivity contribution in [2.24, 2.45) is 0 Å². The molecule has 2 rings (SSSR count). The third kappa shape index (κ3) is 7.32. The Morgan fingerprint density at radius 1 is 1.42 bits per heavy atom. The molecule has 0 spiro atoms. The van der Waals surface area contributed by atoms with Crippen molar-refractivity contribution in [2.75, 3.05) is 39.9 Å². The molecule has 1 atom stereocenters. The first-order chi connectivity index (χ1) is 8.25. The van der Waals surface area contributed by atoms with Crippen molar-refractivity contribution in [3.8, 4) is 0 Å². The number of rotatable bonds is 6. The van der Waals surface area contributed by atoms with Crippen molar-refractivity contribution in [2.45, 2.75) is 31.3 Å². The highest BCUT2D eigenvalue weighted by Gasteiger charge is 2.25. The van der Waals surface area contributed by atoms with Crippen LogP contribution in [0.1, 0.15) is 19.3 Å². The molecule has 1 amide bonds. The molecule has 0 bridgehead atoms. The highest BCUT2D eigenvalue weighted by Crippen LogP contribution is 2.24. The summed E-state index contributed by atoms with van der Waals surface area (Å²) in [5.41, 5.74) is 0. The monoisotopic (exact) mass is 313 g/mol. The summed E-state index contributed by atoms with van der Waals surface area (Å²) in [5, 5.41) is 6.25. The minimum Gasteiger partial charge on any atom is -0.378 e. The summed E-state index contributed by atoms with van der Waals surface area (Å²) in [4.78, 5) is 14.0. The van der Waals surface area contributed by atoms with Crippen LogP contribution in [-0.4, -0.2) is 62.8 Å². The molecule has 1 saturated carbocycles. The summed E-state index contributed by atoms with van der Waals surface area (Å²) >= 11 is 0. The topological polar surface area (TPSA) is 53.6 Å². The van der Waals surface area contributed by atoms with E-state index < -0.39 is 0 Å². The number of hydrogen-bond acceptors (Lipinski definition) is 4. The van der Waals surface area contributed by atoms with Crippen molar-refractivity contribution >= 4 is 30.7 Å². The summed E-state index contributed by atoms with van der Waals surface area (Å²) in [5.74, 6) is 0.122. The standard InChI is InChI=1S/C12H23N3O2.2ClH/c1-15(11-2-3-11)6-4-14-12(16)8-10-9-17-7-5-13-10;;/h10-11,13H,2-9H2,1H3,(H,14,16);2*1H. The molecule has 0 radical (unpaired) electrons. The van der Waals surface area contributed by atoms with Crippen LogP contribution in [-0.2, 0) is 9.53 Å². The van der Waals surface area contributed by atoms with Gasteiger partial charge in [-0.1, -0.05) is 0 Å². The molecule has 114 valence electrons. The average molecular weight is 314 g/mol. The summed E-state index contributed by atoms with van der Waals surface area (Å²) < 4.78 is 5.31. The van der Waals surface area contributed by atoms with Gasteiger partial charge in [0, 0.05) is 38.1 Å². The first kappa shape index (κ1) is 18.9. The zero-order valence-electron chi connectivity index (χ0n) is 11.4. The minimum atomic E-state index is 0. The van der Waals surface area contributed by atoms with Gasteiger partial charge in [-0.25, -0.2) is 0 Å². The third-order valence-corrected chi connectivity index (χ3v) is 3.39. The molecular formula is C12H25Cl2N3O2. The van der Waals surface area contributed by atoms with E-state index in [0.29, 0.717) is 13.0 Å². The Bertz CT molecular complexity index is 259. The second-order valence-electron chi connectivity index (χ2n) is 4.99. The van der Waals surface area contributed by atoms with Crippen molar-refractivity contribution in [3.05, 3.63) is 0 Å².